The first-order valence-electron chi connectivity index (χ1n) is 13.8. The molecule has 9 nitrogen and oxygen atoms in total. The van der Waals surface area contributed by atoms with Gasteiger partial charge >= 0.3 is 17.9 Å². The Labute approximate surface area is 237 Å². The molecule has 0 saturated carbocycles. The van der Waals surface area contributed by atoms with Crippen LogP contribution in [0.4, 0.5) is 0 Å². The fourth-order valence-corrected chi connectivity index (χ4v) is 5.22. The van der Waals surface area contributed by atoms with E-state index in [4.69, 9.17) is 28.7 Å². The van der Waals surface area contributed by atoms with Gasteiger partial charge in [0.15, 0.2) is 18.0 Å². The molecule has 9 heteroatoms. The number of nitrogens with zero attached hydrogens (tertiary/aromatic N) is 1. The number of hydrogen-bond acceptors (Lipinski definition) is 9. The van der Waals surface area contributed by atoms with Crippen molar-refractivity contribution in [3.8, 4) is 17.2 Å². The molecule has 0 aliphatic carbocycles. The van der Waals surface area contributed by atoms with Crippen molar-refractivity contribution in [1.29, 1.82) is 0 Å². The van der Waals surface area contributed by atoms with E-state index in [0.717, 1.165) is 10.8 Å². The summed E-state index contributed by atoms with van der Waals surface area (Å²) in [7, 11) is 1.51. The lowest BCUT2D eigenvalue weighted by Crippen LogP contribution is -2.52. The monoisotopic (exact) mass is 559 g/mol. The van der Waals surface area contributed by atoms with E-state index in [0.29, 0.717) is 38.9 Å². The summed E-state index contributed by atoms with van der Waals surface area (Å²) in [5.41, 5.74) is 0.261. The second kappa shape index (κ2) is 10.9. The molecule has 0 amide bonds. The summed E-state index contributed by atoms with van der Waals surface area (Å²) < 4.78 is 30.0. The maximum atomic E-state index is 12.8. The van der Waals surface area contributed by atoms with Crippen LogP contribution in [0.15, 0.2) is 42.5 Å². The van der Waals surface area contributed by atoms with Crippen LogP contribution in [0.1, 0.15) is 65.5 Å². The van der Waals surface area contributed by atoms with E-state index >= 15 is 0 Å². The molecule has 1 aliphatic rings. The summed E-state index contributed by atoms with van der Waals surface area (Å²) in [4.78, 5) is 43.2. The van der Waals surface area contributed by atoms with Crippen LogP contribution in [0.3, 0.4) is 0 Å². The van der Waals surface area contributed by atoms with Gasteiger partial charge in [0.2, 0.25) is 0 Å². The summed E-state index contributed by atoms with van der Waals surface area (Å²) in [5.74, 6) is -0.392. The molecule has 1 aromatic heterocycles. The molecule has 214 valence electrons. The van der Waals surface area contributed by atoms with Gasteiger partial charge in [-0.15, -0.1) is 0 Å². The zero-order valence-electron chi connectivity index (χ0n) is 24.0. The lowest BCUT2D eigenvalue weighted by atomic mass is 9.86. The maximum absolute atomic E-state index is 12.8. The summed E-state index contributed by atoms with van der Waals surface area (Å²) in [6.45, 7) is 8.62. The van der Waals surface area contributed by atoms with E-state index in [1.54, 1.807) is 40.7 Å². The Bertz CT molecular complexity index is 1690. The molecule has 0 saturated heterocycles. The Morgan fingerprint density at radius 1 is 0.878 bits per heavy atom. The van der Waals surface area contributed by atoms with Crippen molar-refractivity contribution in [2.45, 2.75) is 71.7 Å². The number of fused-ring (bicyclic) bond motifs is 6. The van der Waals surface area contributed by atoms with Gasteiger partial charge in [0.1, 0.15) is 17.1 Å². The summed E-state index contributed by atoms with van der Waals surface area (Å²) in [5, 5.41) is 2.81. The van der Waals surface area contributed by atoms with E-state index in [1.165, 1.54) is 7.11 Å². The van der Waals surface area contributed by atoms with Gasteiger partial charge in [-0.1, -0.05) is 51.1 Å². The first-order chi connectivity index (χ1) is 19.6. The molecular formula is C32H33NO8. The number of carbonyl (C=O) groups excluding carboxylic acids is 3. The Balaban J connectivity index is 1.94. The number of methoxy groups -OCH3 is 1. The highest BCUT2D eigenvalue weighted by molar-refractivity contribution is 6.14. The number of carbonyl (C=O) groups is 3. The number of rotatable bonds is 7. The topological polar surface area (TPSA) is 110 Å². The second-order valence-corrected chi connectivity index (χ2v) is 10.4. The Kier molecular flexibility index (Phi) is 7.46. The molecule has 0 unspecified atom stereocenters. The molecule has 0 bridgehead atoms. The molecule has 5 rings (SSSR count). The number of benzene rings is 3. The zero-order chi connectivity index (χ0) is 29.5. The van der Waals surface area contributed by atoms with Crippen LogP contribution in [-0.2, 0) is 23.9 Å². The number of aromatic nitrogens is 1. The normalized spacial score (nSPS) is 17.5. The van der Waals surface area contributed by atoms with Gasteiger partial charge in [-0.05, 0) is 25.3 Å². The van der Waals surface area contributed by atoms with Gasteiger partial charge in [0.05, 0.1) is 29.1 Å². The molecule has 0 radical (unpaired) electrons. The average Bonchev–Trinajstić information content (AvgIpc) is 2.97. The minimum absolute atomic E-state index is 0.107. The van der Waals surface area contributed by atoms with E-state index in [2.05, 4.69) is 0 Å². The van der Waals surface area contributed by atoms with Gasteiger partial charge in [0, 0.05) is 36.1 Å². The minimum atomic E-state index is -1.07. The second-order valence-electron chi connectivity index (χ2n) is 10.4. The summed E-state index contributed by atoms with van der Waals surface area (Å²) in [6, 6.07) is 13.2. The van der Waals surface area contributed by atoms with Crippen LogP contribution in [0.25, 0.3) is 32.6 Å². The SMILES string of the molecule is CCC(=O)Oc1c2ccc3ccccc3c2nc2c3c(cc(OC)c12)OC(C)(C)[C@H](OC(=O)CC)[C@@H]3OC(=O)CC. The molecule has 2 heterocycles. The van der Waals surface area contributed by atoms with Gasteiger partial charge in [-0.2, -0.15) is 0 Å². The van der Waals surface area contributed by atoms with Crippen molar-refractivity contribution < 1.29 is 38.1 Å². The van der Waals surface area contributed by atoms with Gasteiger partial charge in [0.25, 0.3) is 0 Å². The number of ether oxygens (including phenoxy) is 5. The third-order valence-electron chi connectivity index (χ3n) is 7.30. The number of pyridine rings is 1. The van der Waals surface area contributed by atoms with E-state index in [-0.39, 0.29) is 25.0 Å². The molecule has 1 aliphatic heterocycles. The van der Waals surface area contributed by atoms with Crippen LogP contribution < -0.4 is 14.2 Å². The van der Waals surface area contributed by atoms with Crippen LogP contribution >= 0.6 is 0 Å². The van der Waals surface area contributed by atoms with Crippen molar-refractivity contribution >= 4 is 50.5 Å². The average molecular weight is 560 g/mol. The molecule has 0 spiro atoms. The lowest BCUT2D eigenvalue weighted by Gasteiger charge is -2.43. The third kappa shape index (κ3) is 4.90. The van der Waals surface area contributed by atoms with Gasteiger partial charge in [-0.3, -0.25) is 14.4 Å². The van der Waals surface area contributed by atoms with Crippen molar-refractivity contribution in [2.75, 3.05) is 7.11 Å². The van der Waals surface area contributed by atoms with Crippen LogP contribution in [0.5, 0.6) is 17.2 Å². The highest BCUT2D eigenvalue weighted by Gasteiger charge is 2.50. The predicted octanol–water partition coefficient (Wildman–Crippen LogP) is 6.35. The van der Waals surface area contributed by atoms with Gasteiger partial charge in [-0.25, -0.2) is 4.98 Å². The largest absolute Gasteiger partial charge is 0.496 e. The molecule has 41 heavy (non-hydrogen) atoms. The lowest BCUT2D eigenvalue weighted by molar-refractivity contribution is -0.190. The molecule has 0 N–H and O–H groups in total. The summed E-state index contributed by atoms with van der Waals surface area (Å²) in [6.07, 6.45) is -1.66. The zero-order valence-corrected chi connectivity index (χ0v) is 24.0. The predicted molar refractivity (Wildman–Crippen MR) is 153 cm³/mol. The first-order valence-corrected chi connectivity index (χ1v) is 13.8. The summed E-state index contributed by atoms with van der Waals surface area (Å²) >= 11 is 0. The van der Waals surface area contributed by atoms with E-state index < -0.39 is 35.7 Å². The minimum Gasteiger partial charge on any atom is -0.496 e. The fraction of sp³-hybridized carbons (Fsp3) is 0.375. The van der Waals surface area contributed by atoms with Crippen molar-refractivity contribution in [3.05, 3.63) is 48.0 Å². The first kappa shape index (κ1) is 28.1. The fourth-order valence-electron chi connectivity index (χ4n) is 5.22. The van der Waals surface area contributed by atoms with Crippen molar-refractivity contribution in [2.24, 2.45) is 0 Å². The number of esters is 3. The maximum Gasteiger partial charge on any atom is 0.310 e. The van der Waals surface area contributed by atoms with Crippen molar-refractivity contribution in [1.82, 2.24) is 4.98 Å². The molecule has 0 fully saturated rings. The van der Waals surface area contributed by atoms with Gasteiger partial charge < -0.3 is 23.7 Å². The third-order valence-corrected chi connectivity index (χ3v) is 7.30. The van der Waals surface area contributed by atoms with E-state index in [1.807, 2.05) is 36.4 Å². The van der Waals surface area contributed by atoms with E-state index in [9.17, 15) is 14.4 Å². The highest BCUT2D eigenvalue weighted by atomic mass is 16.6. The molecule has 2 atom stereocenters. The Morgan fingerprint density at radius 3 is 2.24 bits per heavy atom. The highest BCUT2D eigenvalue weighted by Crippen LogP contribution is 2.52. The van der Waals surface area contributed by atoms with Crippen LogP contribution in [0, 0.1) is 0 Å². The quantitative estimate of drug-likeness (QED) is 0.145. The number of hydrogen-bond donors (Lipinski definition) is 0. The van der Waals surface area contributed by atoms with Crippen LogP contribution in [0.2, 0.25) is 0 Å². The van der Waals surface area contributed by atoms with Crippen molar-refractivity contribution in [3.63, 3.8) is 0 Å². The molecule has 4 aromatic rings. The molecular weight excluding hydrogens is 526 g/mol. The molecule has 3 aromatic carbocycles. The Morgan fingerprint density at radius 2 is 1.56 bits per heavy atom. The Hall–Kier alpha value is -4.40. The van der Waals surface area contributed by atoms with Crippen LogP contribution in [-0.4, -0.2) is 41.7 Å². The standard InChI is InChI=1S/C32H33NO8/c1-7-22(34)38-29-19-15-14-17-12-10-11-13-18(17)27(19)33-28-25(29)20(37-6)16-21-26(28)30(39-23(35)8-2)31(32(4,5)41-21)40-24(36)9-3/h10-16,30-31H,7-9H2,1-6H3/t30-,31-/m1/s1. The smallest absolute Gasteiger partial charge is 0.310 e.